The van der Waals surface area contributed by atoms with Gasteiger partial charge in [0.15, 0.2) is 0 Å². The van der Waals surface area contributed by atoms with E-state index < -0.39 is 17.5 Å². The fraction of sp³-hybridized carbons (Fsp3) is 0.281. The Kier molecular flexibility index (Phi) is 9.04. The molecule has 2 heterocycles. The summed E-state index contributed by atoms with van der Waals surface area (Å²) < 4.78 is 35.7. The number of hydrogen-bond acceptors (Lipinski definition) is 7. The number of hydrogen-bond donors (Lipinski definition) is 2. The average molecular weight is 573 g/mol. The van der Waals surface area contributed by atoms with Gasteiger partial charge in [0, 0.05) is 49.7 Å². The Morgan fingerprint density at radius 1 is 1.02 bits per heavy atom. The molecule has 5 rings (SSSR count). The molecule has 1 aromatic heterocycles. The molecule has 3 aromatic carbocycles. The second-order valence-electron chi connectivity index (χ2n) is 10.4. The first-order valence-corrected chi connectivity index (χ1v) is 13.9. The number of piperazine rings is 1. The van der Waals surface area contributed by atoms with Crippen LogP contribution in [0.3, 0.4) is 0 Å². The number of likely N-dealkylation sites (N-methyl/N-ethyl adjacent to an activating group) is 1. The fourth-order valence-electron chi connectivity index (χ4n) is 4.90. The molecular weight excluding hydrogens is 538 g/mol. The van der Waals surface area contributed by atoms with E-state index in [0.717, 1.165) is 44.7 Å². The maximum Gasteiger partial charge on any atom is 0.247 e. The average Bonchev–Trinajstić information content (AvgIpc) is 2.98. The Labute approximate surface area is 244 Å². The van der Waals surface area contributed by atoms with Crippen molar-refractivity contribution in [2.75, 3.05) is 57.0 Å². The maximum absolute atomic E-state index is 14.9. The Bertz CT molecular complexity index is 1600. The van der Waals surface area contributed by atoms with Gasteiger partial charge < -0.3 is 25.2 Å². The zero-order valence-electron chi connectivity index (χ0n) is 23.8. The molecule has 0 radical (unpaired) electrons. The number of aromatic nitrogens is 2. The molecule has 1 amide bonds. The minimum Gasteiger partial charge on any atom is -0.491 e. The number of nitrogens with one attached hydrogen (secondary N) is 2. The Morgan fingerprint density at radius 2 is 1.83 bits per heavy atom. The van der Waals surface area contributed by atoms with Gasteiger partial charge in [-0.1, -0.05) is 24.8 Å². The number of ether oxygens (including phenoxy) is 1. The first kappa shape index (κ1) is 29.1. The van der Waals surface area contributed by atoms with Crippen molar-refractivity contribution in [2.45, 2.75) is 13.3 Å². The SMILES string of the molecule is C=CC(=O)Nc1cc2c(Nc3cc(-c4ccc(C)cc4F)ccc3F)ncnc2cc1OCCCN1CCN(C)CC1. The van der Waals surface area contributed by atoms with Gasteiger partial charge in [-0.25, -0.2) is 18.7 Å². The van der Waals surface area contributed by atoms with Crippen LogP contribution in [0, 0.1) is 18.6 Å². The highest BCUT2D eigenvalue weighted by Crippen LogP contribution is 2.35. The molecule has 0 bridgehead atoms. The molecule has 0 atom stereocenters. The second kappa shape index (κ2) is 13.1. The molecule has 1 fully saturated rings. The number of carbonyl (C=O) groups is 1. The van der Waals surface area contributed by atoms with E-state index in [9.17, 15) is 13.6 Å². The molecule has 218 valence electrons. The van der Waals surface area contributed by atoms with Crippen molar-refractivity contribution >= 4 is 34.0 Å². The van der Waals surface area contributed by atoms with Crippen molar-refractivity contribution in [3.8, 4) is 16.9 Å². The van der Waals surface area contributed by atoms with E-state index in [1.165, 1.54) is 36.7 Å². The molecule has 0 saturated carbocycles. The highest BCUT2D eigenvalue weighted by molar-refractivity contribution is 6.03. The topological polar surface area (TPSA) is 82.6 Å². The zero-order valence-corrected chi connectivity index (χ0v) is 23.8. The third kappa shape index (κ3) is 6.89. The summed E-state index contributed by atoms with van der Waals surface area (Å²) in [5.74, 6) is -0.543. The van der Waals surface area contributed by atoms with Crippen molar-refractivity contribution in [1.82, 2.24) is 19.8 Å². The lowest BCUT2D eigenvalue weighted by atomic mass is 10.0. The number of nitrogens with zero attached hydrogens (tertiary/aromatic N) is 4. The highest BCUT2D eigenvalue weighted by atomic mass is 19.1. The number of benzene rings is 3. The number of carbonyl (C=O) groups excluding carboxylic acids is 1. The summed E-state index contributed by atoms with van der Waals surface area (Å²) in [5.41, 5.74) is 2.75. The Balaban J connectivity index is 1.40. The van der Waals surface area contributed by atoms with Gasteiger partial charge in [-0.2, -0.15) is 0 Å². The van der Waals surface area contributed by atoms with Gasteiger partial charge >= 0.3 is 0 Å². The zero-order chi connectivity index (χ0) is 29.6. The lowest BCUT2D eigenvalue weighted by Crippen LogP contribution is -2.44. The molecule has 0 aliphatic carbocycles. The smallest absolute Gasteiger partial charge is 0.247 e. The molecule has 4 aromatic rings. The van der Waals surface area contributed by atoms with Crippen LogP contribution in [0.5, 0.6) is 5.75 Å². The normalized spacial score (nSPS) is 14.1. The minimum atomic E-state index is -0.529. The molecule has 42 heavy (non-hydrogen) atoms. The van der Waals surface area contributed by atoms with Gasteiger partial charge in [0.2, 0.25) is 5.91 Å². The van der Waals surface area contributed by atoms with Gasteiger partial charge in [0.05, 0.1) is 23.5 Å². The Morgan fingerprint density at radius 3 is 2.60 bits per heavy atom. The van der Waals surface area contributed by atoms with E-state index in [2.05, 4.69) is 44.0 Å². The minimum absolute atomic E-state index is 0.119. The molecule has 1 aliphatic heterocycles. The first-order valence-electron chi connectivity index (χ1n) is 13.9. The predicted molar refractivity (Wildman–Crippen MR) is 162 cm³/mol. The van der Waals surface area contributed by atoms with Crippen molar-refractivity contribution < 1.29 is 18.3 Å². The van der Waals surface area contributed by atoms with E-state index in [1.54, 1.807) is 24.3 Å². The lowest BCUT2D eigenvalue weighted by molar-refractivity contribution is -0.111. The van der Waals surface area contributed by atoms with Crippen LogP contribution in [-0.4, -0.2) is 72.1 Å². The molecule has 0 unspecified atom stereocenters. The van der Waals surface area contributed by atoms with E-state index in [4.69, 9.17) is 4.74 Å². The predicted octanol–water partition coefficient (Wildman–Crippen LogP) is 5.77. The number of rotatable bonds is 10. The van der Waals surface area contributed by atoms with Crippen LogP contribution in [0.1, 0.15) is 12.0 Å². The Hall–Kier alpha value is -4.41. The summed E-state index contributed by atoms with van der Waals surface area (Å²) in [6.07, 6.45) is 3.36. The molecule has 2 N–H and O–H groups in total. The summed E-state index contributed by atoms with van der Waals surface area (Å²) >= 11 is 0. The first-order chi connectivity index (χ1) is 20.3. The highest BCUT2D eigenvalue weighted by Gasteiger charge is 2.16. The second-order valence-corrected chi connectivity index (χ2v) is 10.4. The van der Waals surface area contributed by atoms with Crippen molar-refractivity contribution in [2.24, 2.45) is 0 Å². The summed E-state index contributed by atoms with van der Waals surface area (Å²) in [6, 6.07) is 12.7. The molecular formula is C32H34F2N6O2. The van der Waals surface area contributed by atoms with E-state index in [1.807, 2.05) is 6.92 Å². The van der Waals surface area contributed by atoms with Crippen LogP contribution in [0.4, 0.5) is 26.0 Å². The van der Waals surface area contributed by atoms with E-state index >= 15 is 0 Å². The maximum atomic E-state index is 14.9. The van der Waals surface area contributed by atoms with Crippen LogP contribution in [0.15, 0.2) is 67.5 Å². The number of fused-ring (bicyclic) bond motifs is 1. The largest absolute Gasteiger partial charge is 0.491 e. The standard InChI is InChI=1S/C32H34F2N6O2/c1-4-31(41)37-29-18-24-27(19-30(29)42-15-5-10-40-13-11-39(3)12-14-40)35-20-36-32(24)38-28-17-22(7-9-25(28)33)23-8-6-21(2)16-26(23)34/h4,6-9,16-20H,1,5,10-15H2,2-3H3,(H,37,41)(H,35,36,38). The number of anilines is 3. The van der Waals surface area contributed by atoms with Crippen LogP contribution < -0.4 is 15.4 Å². The van der Waals surface area contributed by atoms with Gasteiger partial charge in [0.25, 0.3) is 0 Å². The van der Waals surface area contributed by atoms with Crippen molar-refractivity contribution in [3.05, 3.63) is 84.7 Å². The monoisotopic (exact) mass is 572 g/mol. The van der Waals surface area contributed by atoms with Gasteiger partial charge in [0.1, 0.15) is 29.5 Å². The molecule has 1 aliphatic rings. The van der Waals surface area contributed by atoms with Gasteiger partial charge in [-0.3, -0.25) is 4.79 Å². The summed E-state index contributed by atoms with van der Waals surface area (Å²) in [5, 5.41) is 6.36. The van der Waals surface area contributed by atoms with Crippen LogP contribution in [0.2, 0.25) is 0 Å². The summed E-state index contributed by atoms with van der Waals surface area (Å²) in [6.45, 7) is 10.9. The molecule has 10 heteroatoms. The lowest BCUT2D eigenvalue weighted by Gasteiger charge is -2.32. The van der Waals surface area contributed by atoms with Gasteiger partial charge in [-0.05, 0) is 61.9 Å². The van der Waals surface area contributed by atoms with Crippen LogP contribution in [0.25, 0.3) is 22.0 Å². The molecule has 8 nitrogen and oxygen atoms in total. The quantitative estimate of drug-likeness (QED) is 0.185. The van der Waals surface area contributed by atoms with Crippen molar-refractivity contribution in [1.29, 1.82) is 0 Å². The number of halogens is 2. The molecule has 1 saturated heterocycles. The van der Waals surface area contributed by atoms with E-state index in [-0.39, 0.29) is 5.69 Å². The third-order valence-electron chi connectivity index (χ3n) is 7.31. The van der Waals surface area contributed by atoms with Crippen LogP contribution >= 0.6 is 0 Å². The van der Waals surface area contributed by atoms with Crippen LogP contribution in [-0.2, 0) is 4.79 Å². The van der Waals surface area contributed by atoms with Gasteiger partial charge in [-0.15, -0.1) is 0 Å². The summed E-state index contributed by atoms with van der Waals surface area (Å²) in [7, 11) is 2.13. The fourth-order valence-corrected chi connectivity index (χ4v) is 4.90. The third-order valence-corrected chi connectivity index (χ3v) is 7.31. The number of amides is 1. The van der Waals surface area contributed by atoms with Crippen molar-refractivity contribution in [3.63, 3.8) is 0 Å². The number of aryl methyl sites for hydroxylation is 1. The molecule has 0 spiro atoms. The summed E-state index contributed by atoms with van der Waals surface area (Å²) in [4.78, 5) is 25.7. The van der Waals surface area contributed by atoms with E-state index in [0.29, 0.717) is 45.9 Å².